The van der Waals surface area contributed by atoms with E-state index in [2.05, 4.69) is 26.7 Å². The zero-order valence-corrected chi connectivity index (χ0v) is 20.0. The van der Waals surface area contributed by atoms with Gasteiger partial charge in [-0.1, -0.05) is 62.3 Å². The van der Waals surface area contributed by atoms with Crippen LogP contribution >= 0.6 is 11.6 Å². The van der Waals surface area contributed by atoms with Gasteiger partial charge in [0.1, 0.15) is 12.3 Å². The molecule has 3 unspecified atom stereocenters. The second-order valence-electron chi connectivity index (χ2n) is 9.46. The Balaban J connectivity index is 1.50. The van der Waals surface area contributed by atoms with E-state index in [1.807, 2.05) is 12.1 Å². The van der Waals surface area contributed by atoms with Gasteiger partial charge in [-0.05, 0) is 47.9 Å². The van der Waals surface area contributed by atoms with E-state index >= 15 is 0 Å². The number of hydrogen-bond acceptors (Lipinski definition) is 5. The number of carbonyl (C=O) groups is 1. The Kier molecular flexibility index (Phi) is 8.07. The van der Waals surface area contributed by atoms with Crippen LogP contribution in [0.3, 0.4) is 0 Å². The van der Waals surface area contributed by atoms with Crippen LogP contribution in [0.2, 0.25) is 5.02 Å². The Bertz CT molecular complexity index is 1030. The van der Waals surface area contributed by atoms with Crippen molar-refractivity contribution in [2.45, 2.75) is 76.0 Å². The molecule has 2 aromatic rings. The molecule has 2 aromatic carbocycles. The van der Waals surface area contributed by atoms with Gasteiger partial charge in [-0.2, -0.15) is 18.7 Å². The first-order valence-corrected chi connectivity index (χ1v) is 12.3. The molecule has 11 heteroatoms. The molecule has 2 aliphatic rings. The zero-order valence-electron chi connectivity index (χ0n) is 19.2. The number of rotatable bonds is 3. The molecule has 35 heavy (non-hydrogen) atoms. The first-order valence-electron chi connectivity index (χ1n) is 12.0. The summed E-state index contributed by atoms with van der Waals surface area (Å²) in [7, 11) is 0. The molecule has 1 spiro atoms. The molecule has 6 N–H and O–H groups in total. The van der Waals surface area contributed by atoms with Crippen LogP contribution in [-0.4, -0.2) is 35.9 Å². The zero-order chi connectivity index (χ0) is 25.1. The van der Waals surface area contributed by atoms with Crippen LogP contribution in [0.15, 0.2) is 36.4 Å². The summed E-state index contributed by atoms with van der Waals surface area (Å²) < 4.78 is 42.9. The van der Waals surface area contributed by atoms with Crippen molar-refractivity contribution >= 4 is 34.1 Å². The first kappa shape index (κ1) is 26.0. The van der Waals surface area contributed by atoms with Crippen molar-refractivity contribution in [3.63, 3.8) is 0 Å². The predicted molar refractivity (Wildman–Crippen MR) is 129 cm³/mol. The van der Waals surface area contributed by atoms with Gasteiger partial charge in [-0.15, -0.1) is 0 Å². The third-order valence-electron chi connectivity index (χ3n) is 7.14. The maximum Gasteiger partial charge on any atom is 0.404 e. The van der Waals surface area contributed by atoms with Gasteiger partial charge in [0.2, 0.25) is 0 Å². The summed E-state index contributed by atoms with van der Waals surface area (Å²) in [5, 5.41) is 22.8. The third-order valence-corrected chi connectivity index (χ3v) is 7.38. The second kappa shape index (κ2) is 10.9. The van der Waals surface area contributed by atoms with Crippen molar-refractivity contribution in [2.24, 2.45) is 5.41 Å². The molecule has 1 aliphatic heterocycles. The molecule has 0 aromatic heterocycles. The number of anilines is 1. The Hall–Kier alpha value is -2.11. The van der Waals surface area contributed by atoms with Gasteiger partial charge in [-0.3, -0.25) is 10.6 Å². The van der Waals surface area contributed by atoms with Crippen LogP contribution in [0.1, 0.15) is 51.4 Å². The highest BCUT2D eigenvalue weighted by Gasteiger charge is 2.59. The molecule has 1 saturated heterocycles. The van der Waals surface area contributed by atoms with E-state index in [0.717, 1.165) is 36.5 Å². The van der Waals surface area contributed by atoms with Gasteiger partial charge in [0.15, 0.2) is 0 Å². The number of urea groups is 1. The van der Waals surface area contributed by atoms with Crippen molar-refractivity contribution in [3.8, 4) is 0 Å². The molecule has 2 fully saturated rings. The van der Waals surface area contributed by atoms with E-state index < -0.39 is 36.1 Å². The highest BCUT2D eigenvalue weighted by atomic mass is 35.5. The molecule has 1 heterocycles. The van der Waals surface area contributed by atoms with E-state index in [4.69, 9.17) is 11.6 Å². The van der Waals surface area contributed by atoms with Gasteiger partial charge in [0.25, 0.3) is 0 Å². The number of halogens is 4. The molecule has 3 atom stereocenters. The molecular weight excluding hydrogens is 483 g/mol. The van der Waals surface area contributed by atoms with Crippen LogP contribution in [-0.2, 0) is 0 Å². The van der Waals surface area contributed by atoms with E-state index in [1.165, 1.54) is 0 Å². The van der Waals surface area contributed by atoms with Crippen molar-refractivity contribution in [1.82, 2.24) is 21.4 Å². The number of carbonyl (C=O) groups excluding carboxylic acids is 1. The van der Waals surface area contributed by atoms with Crippen molar-refractivity contribution in [3.05, 3.63) is 41.4 Å². The van der Waals surface area contributed by atoms with E-state index in [9.17, 15) is 23.2 Å². The van der Waals surface area contributed by atoms with Crippen LogP contribution in [0.5, 0.6) is 0 Å². The van der Waals surface area contributed by atoms with Gasteiger partial charge >= 0.3 is 12.2 Å². The molecule has 7 nitrogen and oxygen atoms in total. The lowest BCUT2D eigenvalue weighted by Crippen LogP contribution is -2.78. The molecular formula is C24H31ClF3N5O2. The largest absolute Gasteiger partial charge is 0.404 e. The summed E-state index contributed by atoms with van der Waals surface area (Å²) in [5.41, 5.74) is 1.25. The average molecular weight is 514 g/mol. The molecule has 2 amide bonds. The van der Waals surface area contributed by atoms with E-state index in [0.29, 0.717) is 36.4 Å². The average Bonchev–Trinajstić information content (AvgIpc) is 2.92. The summed E-state index contributed by atoms with van der Waals surface area (Å²) in [6.45, 7) is 0. The topological polar surface area (TPSA) is 97.5 Å². The highest BCUT2D eigenvalue weighted by molar-refractivity contribution is 6.31. The van der Waals surface area contributed by atoms with E-state index in [1.54, 1.807) is 24.3 Å². The fraction of sp³-hybridized carbons (Fsp3) is 0.542. The molecule has 1 saturated carbocycles. The third kappa shape index (κ3) is 6.00. The monoisotopic (exact) mass is 513 g/mol. The number of alkyl halides is 3. The number of hydroxylamine groups is 1. The quantitative estimate of drug-likeness (QED) is 0.307. The molecule has 192 valence electrons. The van der Waals surface area contributed by atoms with Gasteiger partial charge < -0.3 is 15.8 Å². The van der Waals surface area contributed by atoms with Crippen molar-refractivity contribution < 1.29 is 23.2 Å². The SMILES string of the molecule is O=C(Nc1ccc2ccc(Cl)cc2c1)NC1NC(NO)C2(CCCCCCCC2)C(C(F)(F)F)N1. The fourth-order valence-corrected chi connectivity index (χ4v) is 5.64. The van der Waals surface area contributed by atoms with Crippen LogP contribution in [0.4, 0.5) is 23.7 Å². The molecule has 0 radical (unpaired) electrons. The lowest BCUT2D eigenvalue weighted by Gasteiger charge is -2.53. The van der Waals surface area contributed by atoms with Crippen LogP contribution < -0.4 is 26.7 Å². The highest BCUT2D eigenvalue weighted by Crippen LogP contribution is 2.46. The summed E-state index contributed by atoms with van der Waals surface area (Å²) in [5.74, 6) is 0. The predicted octanol–water partition coefficient (Wildman–Crippen LogP) is 5.45. The maximum atomic E-state index is 14.3. The first-order chi connectivity index (χ1) is 16.7. The van der Waals surface area contributed by atoms with Gasteiger partial charge in [0, 0.05) is 16.1 Å². The minimum atomic E-state index is -4.57. The molecule has 0 bridgehead atoms. The summed E-state index contributed by atoms with van der Waals surface area (Å²) >= 11 is 6.04. The van der Waals surface area contributed by atoms with Gasteiger partial charge in [0.05, 0.1) is 6.17 Å². The van der Waals surface area contributed by atoms with E-state index in [-0.39, 0.29) is 0 Å². The minimum absolute atomic E-state index is 0.300. The molecule has 1 aliphatic carbocycles. The van der Waals surface area contributed by atoms with Crippen LogP contribution in [0, 0.1) is 5.41 Å². The van der Waals surface area contributed by atoms with Crippen molar-refractivity contribution in [2.75, 3.05) is 5.32 Å². The Morgan fingerprint density at radius 1 is 0.971 bits per heavy atom. The molecule has 4 rings (SSSR count). The fourth-order valence-electron chi connectivity index (χ4n) is 5.46. The Morgan fingerprint density at radius 3 is 2.29 bits per heavy atom. The minimum Gasteiger partial charge on any atom is -0.315 e. The number of amides is 2. The van der Waals surface area contributed by atoms with Gasteiger partial charge in [-0.25, -0.2) is 4.79 Å². The number of hydrogen-bond donors (Lipinski definition) is 6. The number of fused-ring (bicyclic) bond motifs is 1. The Morgan fingerprint density at radius 2 is 1.63 bits per heavy atom. The Labute approximate surface area is 207 Å². The maximum absolute atomic E-state index is 14.3. The summed E-state index contributed by atoms with van der Waals surface area (Å²) in [6, 6.07) is 8.00. The lowest BCUT2D eigenvalue weighted by molar-refractivity contribution is -0.214. The lowest BCUT2D eigenvalue weighted by atomic mass is 9.68. The summed E-state index contributed by atoms with van der Waals surface area (Å²) in [4.78, 5) is 12.7. The summed E-state index contributed by atoms with van der Waals surface area (Å²) in [6.07, 6.45) is -1.27. The number of nitrogens with one attached hydrogen (secondary N) is 5. The van der Waals surface area contributed by atoms with Crippen molar-refractivity contribution in [1.29, 1.82) is 0 Å². The standard InChI is InChI=1S/C24H31ClF3N5O2/c25-17-9-7-15-8-10-18(14-16(15)13-17)29-22(34)32-21-30-19(24(26,27)28)23(20(31-21)33-35)11-5-3-1-2-4-6-12-23/h7-10,13-14,19-21,30-31,33,35H,1-6,11-12H2,(H2,29,32,34). The second-order valence-corrected chi connectivity index (χ2v) is 9.90. The number of benzene rings is 2. The smallest absolute Gasteiger partial charge is 0.315 e. The van der Waals surface area contributed by atoms with Crippen LogP contribution in [0.25, 0.3) is 10.8 Å². The normalized spacial score (nSPS) is 25.5.